The minimum atomic E-state index is -0.425. The molecule has 7 nitrogen and oxygen atoms in total. The number of carbonyl (C=O) groups is 2. The Bertz CT molecular complexity index is 638. The van der Waals surface area contributed by atoms with Gasteiger partial charge < -0.3 is 19.8 Å². The van der Waals surface area contributed by atoms with Crippen molar-refractivity contribution in [3.8, 4) is 0 Å². The van der Waals surface area contributed by atoms with Crippen LogP contribution in [-0.2, 0) is 11.3 Å². The maximum Gasteiger partial charge on any atom is 0.413 e. The van der Waals surface area contributed by atoms with E-state index in [4.69, 9.17) is 9.15 Å². The Morgan fingerprint density at radius 1 is 1.22 bits per heavy atom. The van der Waals surface area contributed by atoms with Gasteiger partial charge in [-0.2, -0.15) is 0 Å². The van der Waals surface area contributed by atoms with Gasteiger partial charge in [0, 0.05) is 30.5 Å². The third-order valence-electron chi connectivity index (χ3n) is 3.09. The second-order valence-electron chi connectivity index (χ2n) is 4.74. The van der Waals surface area contributed by atoms with E-state index in [0.717, 1.165) is 5.56 Å². The summed E-state index contributed by atoms with van der Waals surface area (Å²) in [6.45, 7) is 2.45. The summed E-state index contributed by atoms with van der Waals surface area (Å²) in [7, 11) is 1.62. The highest BCUT2D eigenvalue weighted by atomic mass is 16.6. The lowest BCUT2D eigenvalue weighted by Gasteiger charge is -2.17. The second-order valence-corrected chi connectivity index (χ2v) is 4.74. The van der Waals surface area contributed by atoms with E-state index in [1.807, 2.05) is 0 Å². The molecule has 2 rings (SSSR count). The zero-order valence-electron chi connectivity index (χ0n) is 13.0. The summed E-state index contributed by atoms with van der Waals surface area (Å²) in [4.78, 5) is 24.8. The molecule has 0 aliphatic carbocycles. The molecule has 2 N–H and O–H groups in total. The van der Waals surface area contributed by atoms with E-state index in [0.29, 0.717) is 24.5 Å². The molecule has 0 aliphatic heterocycles. The topological polar surface area (TPSA) is 83.8 Å². The molecule has 0 aliphatic rings. The van der Waals surface area contributed by atoms with E-state index in [9.17, 15) is 9.59 Å². The fraction of sp³-hybridized carbons (Fsp3) is 0.250. The number of anilines is 2. The van der Waals surface area contributed by atoms with Gasteiger partial charge >= 0.3 is 12.1 Å². The number of benzene rings is 1. The largest absolute Gasteiger partial charge is 0.472 e. The molecule has 0 radical (unpaired) electrons. The third kappa shape index (κ3) is 4.77. The first-order valence-electron chi connectivity index (χ1n) is 7.16. The summed E-state index contributed by atoms with van der Waals surface area (Å²) in [5.74, 6) is 0. The van der Waals surface area contributed by atoms with Gasteiger partial charge in [-0.1, -0.05) is 0 Å². The van der Waals surface area contributed by atoms with Crippen LogP contribution in [0, 0.1) is 0 Å². The number of carbonyl (C=O) groups excluding carboxylic acids is 2. The number of hydrogen-bond acceptors (Lipinski definition) is 4. The van der Waals surface area contributed by atoms with Crippen LogP contribution < -0.4 is 15.5 Å². The Labute approximate surface area is 134 Å². The zero-order chi connectivity index (χ0) is 16.7. The van der Waals surface area contributed by atoms with Gasteiger partial charge in [0.1, 0.15) is 0 Å². The zero-order valence-corrected chi connectivity index (χ0v) is 13.0. The smallest absolute Gasteiger partial charge is 0.413 e. The molecule has 1 heterocycles. The van der Waals surface area contributed by atoms with Gasteiger partial charge in [-0.05, 0) is 37.3 Å². The van der Waals surface area contributed by atoms with Crippen LogP contribution in [0.5, 0.6) is 0 Å². The maximum absolute atomic E-state index is 11.8. The standard InChI is InChI=1S/C16H19N3O4/c1-3-23-16(21)19(2)14-6-4-13(5-7-14)18-15(20)17-10-12-8-9-22-11-12/h4-9,11H,3,10H2,1-2H3,(H2,17,18,20). The highest BCUT2D eigenvalue weighted by Crippen LogP contribution is 2.17. The quantitative estimate of drug-likeness (QED) is 0.887. The van der Waals surface area contributed by atoms with Crippen molar-refractivity contribution in [1.29, 1.82) is 0 Å². The SMILES string of the molecule is CCOC(=O)N(C)c1ccc(NC(=O)NCc2ccoc2)cc1. The summed E-state index contributed by atoms with van der Waals surface area (Å²) >= 11 is 0. The molecular weight excluding hydrogens is 298 g/mol. The number of urea groups is 1. The summed E-state index contributed by atoms with van der Waals surface area (Å²) in [6, 6.07) is 8.33. The molecule has 0 saturated carbocycles. The summed E-state index contributed by atoms with van der Waals surface area (Å²) in [5, 5.41) is 5.42. The van der Waals surface area contributed by atoms with E-state index in [1.54, 1.807) is 56.8 Å². The highest BCUT2D eigenvalue weighted by Gasteiger charge is 2.11. The van der Waals surface area contributed by atoms with Gasteiger partial charge in [0.05, 0.1) is 19.1 Å². The Morgan fingerprint density at radius 2 is 1.96 bits per heavy atom. The van der Waals surface area contributed by atoms with Gasteiger partial charge in [0.15, 0.2) is 0 Å². The summed E-state index contributed by atoms with van der Waals surface area (Å²) in [6.07, 6.45) is 2.69. The molecule has 0 fully saturated rings. The molecule has 0 spiro atoms. The van der Waals surface area contributed by atoms with Crippen molar-refractivity contribution >= 4 is 23.5 Å². The van der Waals surface area contributed by atoms with Crippen molar-refractivity contribution in [3.63, 3.8) is 0 Å². The molecule has 122 valence electrons. The molecule has 0 unspecified atom stereocenters. The number of hydrogen-bond donors (Lipinski definition) is 2. The first kappa shape index (κ1) is 16.4. The maximum atomic E-state index is 11.8. The first-order valence-corrected chi connectivity index (χ1v) is 7.16. The predicted octanol–water partition coefficient (Wildman–Crippen LogP) is 3.19. The fourth-order valence-electron chi connectivity index (χ4n) is 1.84. The van der Waals surface area contributed by atoms with Crippen LogP contribution in [0.25, 0.3) is 0 Å². The molecule has 1 aromatic heterocycles. The number of ether oxygens (including phenoxy) is 1. The molecule has 0 atom stereocenters. The molecule has 0 saturated heterocycles. The monoisotopic (exact) mass is 317 g/mol. The van der Waals surface area contributed by atoms with Gasteiger partial charge in [0.2, 0.25) is 0 Å². The normalized spacial score (nSPS) is 10.0. The van der Waals surface area contributed by atoms with Crippen LogP contribution in [0.1, 0.15) is 12.5 Å². The van der Waals surface area contributed by atoms with Crippen molar-refractivity contribution in [2.45, 2.75) is 13.5 Å². The number of amides is 3. The molecule has 7 heteroatoms. The van der Waals surface area contributed by atoms with Crippen LogP contribution in [-0.4, -0.2) is 25.8 Å². The van der Waals surface area contributed by atoms with E-state index < -0.39 is 6.09 Å². The number of rotatable bonds is 5. The summed E-state index contributed by atoms with van der Waals surface area (Å²) < 4.78 is 9.84. The van der Waals surface area contributed by atoms with Crippen molar-refractivity contribution in [2.75, 3.05) is 23.9 Å². The average Bonchev–Trinajstić information content (AvgIpc) is 3.07. The Balaban J connectivity index is 1.86. The lowest BCUT2D eigenvalue weighted by atomic mass is 10.2. The molecule has 3 amide bonds. The number of nitrogens with one attached hydrogen (secondary N) is 2. The van der Waals surface area contributed by atoms with Gasteiger partial charge in [-0.25, -0.2) is 9.59 Å². The third-order valence-corrected chi connectivity index (χ3v) is 3.09. The second kappa shape index (κ2) is 7.88. The summed E-state index contributed by atoms with van der Waals surface area (Å²) in [5.41, 5.74) is 2.18. The van der Waals surface area contributed by atoms with Gasteiger partial charge in [-0.15, -0.1) is 0 Å². The molecule has 0 bridgehead atoms. The van der Waals surface area contributed by atoms with Crippen LogP contribution in [0.2, 0.25) is 0 Å². The molecular formula is C16H19N3O4. The van der Waals surface area contributed by atoms with Crippen LogP contribution in [0.3, 0.4) is 0 Å². The van der Waals surface area contributed by atoms with Crippen LogP contribution in [0.4, 0.5) is 21.0 Å². The van der Waals surface area contributed by atoms with E-state index in [-0.39, 0.29) is 6.03 Å². The van der Waals surface area contributed by atoms with Crippen molar-refractivity contribution in [1.82, 2.24) is 5.32 Å². The molecule has 23 heavy (non-hydrogen) atoms. The molecule has 2 aromatic rings. The number of furan rings is 1. The Morgan fingerprint density at radius 3 is 2.57 bits per heavy atom. The minimum absolute atomic E-state index is 0.319. The van der Waals surface area contributed by atoms with Gasteiger partial charge in [0.25, 0.3) is 0 Å². The lowest BCUT2D eigenvalue weighted by molar-refractivity contribution is 0.161. The Hall–Kier alpha value is -2.96. The highest BCUT2D eigenvalue weighted by molar-refractivity contribution is 5.90. The lowest BCUT2D eigenvalue weighted by Crippen LogP contribution is -2.28. The first-order chi connectivity index (χ1) is 11.1. The molecule has 1 aromatic carbocycles. The van der Waals surface area contributed by atoms with E-state index in [2.05, 4.69) is 10.6 Å². The van der Waals surface area contributed by atoms with Crippen molar-refractivity contribution < 1.29 is 18.7 Å². The predicted molar refractivity (Wildman–Crippen MR) is 86.4 cm³/mol. The average molecular weight is 317 g/mol. The van der Waals surface area contributed by atoms with E-state index >= 15 is 0 Å². The Kier molecular flexibility index (Phi) is 5.62. The van der Waals surface area contributed by atoms with Crippen LogP contribution >= 0.6 is 0 Å². The van der Waals surface area contributed by atoms with Crippen molar-refractivity contribution in [3.05, 3.63) is 48.4 Å². The fourth-order valence-corrected chi connectivity index (χ4v) is 1.84. The van der Waals surface area contributed by atoms with Crippen molar-refractivity contribution in [2.24, 2.45) is 0 Å². The van der Waals surface area contributed by atoms with Gasteiger partial charge in [-0.3, -0.25) is 4.90 Å². The van der Waals surface area contributed by atoms with E-state index in [1.165, 1.54) is 4.90 Å². The minimum Gasteiger partial charge on any atom is -0.472 e. The number of nitrogens with zero attached hydrogens (tertiary/aromatic N) is 1. The van der Waals surface area contributed by atoms with Crippen LogP contribution in [0.15, 0.2) is 47.3 Å².